The van der Waals surface area contributed by atoms with E-state index in [1.54, 1.807) is 11.8 Å². The highest BCUT2D eigenvalue weighted by Crippen LogP contribution is 2.25. The first-order valence-corrected chi connectivity index (χ1v) is 8.68. The van der Waals surface area contributed by atoms with Crippen molar-refractivity contribution in [3.8, 4) is 0 Å². The molecule has 1 N–H and O–H groups in total. The monoisotopic (exact) mass is 313 g/mol. The number of carbonyl (C=O) groups excluding carboxylic acids is 1. The van der Waals surface area contributed by atoms with E-state index in [1.165, 1.54) is 11.1 Å². The van der Waals surface area contributed by atoms with Crippen molar-refractivity contribution < 1.29 is 4.79 Å². The second-order valence-corrected chi connectivity index (χ2v) is 7.00. The fourth-order valence-corrected chi connectivity index (χ4v) is 3.07. The van der Waals surface area contributed by atoms with E-state index in [0.717, 1.165) is 11.4 Å². The van der Waals surface area contributed by atoms with Crippen LogP contribution in [-0.2, 0) is 10.5 Å². The zero-order chi connectivity index (χ0) is 15.9. The minimum absolute atomic E-state index is 0.0639. The smallest absolute Gasteiger partial charge is 0.237 e. The van der Waals surface area contributed by atoms with E-state index in [0.29, 0.717) is 5.92 Å². The quantitative estimate of drug-likeness (QED) is 0.806. The molecule has 2 aromatic rings. The van der Waals surface area contributed by atoms with Crippen LogP contribution in [0.1, 0.15) is 37.8 Å². The van der Waals surface area contributed by atoms with Gasteiger partial charge in [-0.2, -0.15) is 0 Å². The summed E-state index contributed by atoms with van der Waals surface area (Å²) in [7, 11) is 0. The minimum Gasteiger partial charge on any atom is -0.325 e. The van der Waals surface area contributed by atoms with Gasteiger partial charge in [0.1, 0.15) is 0 Å². The van der Waals surface area contributed by atoms with Gasteiger partial charge >= 0.3 is 0 Å². The molecular formula is C19H23NOS. The van der Waals surface area contributed by atoms with Crippen molar-refractivity contribution in [3.63, 3.8) is 0 Å². The lowest BCUT2D eigenvalue weighted by molar-refractivity contribution is -0.115. The van der Waals surface area contributed by atoms with Crippen LogP contribution in [-0.4, -0.2) is 11.2 Å². The number of amides is 1. The molecule has 2 rings (SSSR count). The van der Waals surface area contributed by atoms with Crippen LogP contribution < -0.4 is 5.32 Å². The van der Waals surface area contributed by atoms with E-state index < -0.39 is 0 Å². The zero-order valence-corrected chi connectivity index (χ0v) is 14.2. The summed E-state index contributed by atoms with van der Waals surface area (Å²) >= 11 is 1.66. The maximum atomic E-state index is 12.4. The van der Waals surface area contributed by atoms with Crippen LogP contribution in [0, 0.1) is 0 Å². The highest BCUT2D eigenvalue weighted by Gasteiger charge is 2.15. The van der Waals surface area contributed by atoms with E-state index in [2.05, 4.69) is 37.4 Å². The van der Waals surface area contributed by atoms with E-state index in [9.17, 15) is 4.79 Å². The van der Waals surface area contributed by atoms with E-state index in [4.69, 9.17) is 0 Å². The summed E-state index contributed by atoms with van der Waals surface area (Å²) in [6, 6.07) is 18.3. The Labute approximate surface area is 137 Å². The topological polar surface area (TPSA) is 29.1 Å². The molecule has 0 fully saturated rings. The summed E-state index contributed by atoms with van der Waals surface area (Å²) in [4.78, 5) is 12.4. The second kappa shape index (κ2) is 8.04. The van der Waals surface area contributed by atoms with Gasteiger partial charge in [0.05, 0.1) is 5.25 Å². The summed E-state index contributed by atoms with van der Waals surface area (Å²) in [5.41, 5.74) is 3.35. The molecule has 0 aliphatic rings. The second-order valence-electron chi connectivity index (χ2n) is 5.67. The normalized spacial score (nSPS) is 12.2. The number of carbonyl (C=O) groups is 1. The Kier molecular flexibility index (Phi) is 6.08. The average molecular weight is 313 g/mol. The van der Waals surface area contributed by atoms with Crippen LogP contribution in [0.3, 0.4) is 0 Å². The first kappa shape index (κ1) is 16.6. The number of hydrogen-bond donors (Lipinski definition) is 1. The first-order valence-electron chi connectivity index (χ1n) is 7.63. The molecule has 0 radical (unpaired) electrons. The number of rotatable bonds is 6. The van der Waals surface area contributed by atoms with Gasteiger partial charge in [-0.25, -0.2) is 0 Å². The van der Waals surface area contributed by atoms with Crippen LogP contribution in [0.2, 0.25) is 0 Å². The molecule has 0 saturated heterocycles. The lowest BCUT2D eigenvalue weighted by Crippen LogP contribution is -2.23. The summed E-state index contributed by atoms with van der Waals surface area (Å²) in [5.74, 6) is 1.30. The van der Waals surface area contributed by atoms with Gasteiger partial charge in [0.2, 0.25) is 5.91 Å². The highest BCUT2D eigenvalue weighted by atomic mass is 32.2. The molecule has 0 aromatic heterocycles. The Morgan fingerprint density at radius 1 is 1.00 bits per heavy atom. The Morgan fingerprint density at radius 2 is 1.64 bits per heavy atom. The third kappa shape index (κ3) is 4.63. The maximum absolute atomic E-state index is 12.4. The van der Waals surface area contributed by atoms with Crippen LogP contribution in [0.5, 0.6) is 0 Å². The molecule has 0 saturated carbocycles. The van der Waals surface area contributed by atoms with Crippen molar-refractivity contribution in [2.45, 2.75) is 37.7 Å². The third-order valence-corrected chi connectivity index (χ3v) is 4.77. The molecule has 0 heterocycles. The van der Waals surface area contributed by atoms with Gasteiger partial charge in [0.15, 0.2) is 0 Å². The van der Waals surface area contributed by atoms with Crippen molar-refractivity contribution in [1.82, 2.24) is 0 Å². The Balaban J connectivity index is 1.94. The molecule has 0 spiro atoms. The van der Waals surface area contributed by atoms with E-state index >= 15 is 0 Å². The average Bonchev–Trinajstić information content (AvgIpc) is 2.53. The standard InChI is InChI=1S/C19H23NOS/c1-14(2)17-11-7-8-12-18(17)20-19(21)15(3)22-13-16-9-5-4-6-10-16/h4-12,14-15H,13H2,1-3H3,(H,20,21)/t15-/m1/s1. The van der Waals surface area contributed by atoms with Crippen LogP contribution in [0.4, 0.5) is 5.69 Å². The van der Waals surface area contributed by atoms with Crippen molar-refractivity contribution in [3.05, 3.63) is 65.7 Å². The molecule has 1 atom stereocenters. The molecule has 0 aliphatic carbocycles. The first-order chi connectivity index (χ1) is 10.6. The lowest BCUT2D eigenvalue weighted by Gasteiger charge is -2.16. The fourth-order valence-electron chi connectivity index (χ4n) is 2.22. The van der Waals surface area contributed by atoms with E-state index in [1.807, 2.05) is 43.3 Å². The largest absolute Gasteiger partial charge is 0.325 e. The Hall–Kier alpha value is -1.74. The summed E-state index contributed by atoms with van der Waals surface area (Å²) in [6.45, 7) is 6.23. The maximum Gasteiger partial charge on any atom is 0.237 e. The molecule has 2 aromatic carbocycles. The molecule has 0 unspecified atom stereocenters. The van der Waals surface area contributed by atoms with Crippen molar-refractivity contribution in [1.29, 1.82) is 0 Å². The van der Waals surface area contributed by atoms with Gasteiger partial charge in [-0.3, -0.25) is 4.79 Å². The Bertz CT molecular complexity index is 610. The number of thioether (sulfide) groups is 1. The molecule has 3 heteroatoms. The number of para-hydroxylation sites is 1. The van der Waals surface area contributed by atoms with Crippen LogP contribution >= 0.6 is 11.8 Å². The van der Waals surface area contributed by atoms with Crippen LogP contribution in [0.15, 0.2) is 54.6 Å². The third-order valence-electron chi connectivity index (χ3n) is 3.55. The number of hydrogen-bond acceptors (Lipinski definition) is 2. The summed E-state index contributed by atoms with van der Waals surface area (Å²) in [6.07, 6.45) is 0. The molecule has 2 nitrogen and oxygen atoms in total. The van der Waals surface area contributed by atoms with Gasteiger partial charge in [-0.05, 0) is 30.0 Å². The summed E-state index contributed by atoms with van der Waals surface area (Å²) in [5, 5.41) is 2.99. The van der Waals surface area contributed by atoms with Crippen molar-refractivity contribution in [2.75, 3.05) is 5.32 Å². The lowest BCUT2D eigenvalue weighted by atomic mass is 10.0. The predicted molar refractivity (Wildman–Crippen MR) is 96.4 cm³/mol. The highest BCUT2D eigenvalue weighted by molar-refractivity contribution is 7.99. The van der Waals surface area contributed by atoms with Crippen molar-refractivity contribution in [2.24, 2.45) is 0 Å². The minimum atomic E-state index is -0.0829. The summed E-state index contributed by atoms with van der Waals surface area (Å²) < 4.78 is 0. The van der Waals surface area contributed by atoms with Gasteiger partial charge in [-0.15, -0.1) is 11.8 Å². The molecule has 0 aliphatic heterocycles. The molecule has 116 valence electrons. The van der Waals surface area contributed by atoms with Gasteiger partial charge in [0, 0.05) is 11.4 Å². The van der Waals surface area contributed by atoms with E-state index in [-0.39, 0.29) is 11.2 Å². The predicted octanol–water partition coefficient (Wildman–Crippen LogP) is 5.07. The van der Waals surface area contributed by atoms with Gasteiger partial charge < -0.3 is 5.32 Å². The van der Waals surface area contributed by atoms with Crippen LogP contribution in [0.25, 0.3) is 0 Å². The number of benzene rings is 2. The number of anilines is 1. The van der Waals surface area contributed by atoms with Gasteiger partial charge in [-0.1, -0.05) is 62.4 Å². The molecule has 22 heavy (non-hydrogen) atoms. The van der Waals surface area contributed by atoms with Crippen molar-refractivity contribution >= 4 is 23.4 Å². The molecule has 1 amide bonds. The fraction of sp³-hybridized carbons (Fsp3) is 0.316. The zero-order valence-electron chi connectivity index (χ0n) is 13.4. The van der Waals surface area contributed by atoms with Gasteiger partial charge in [0.25, 0.3) is 0 Å². The number of nitrogens with one attached hydrogen (secondary N) is 1. The SMILES string of the molecule is CC(C)c1ccccc1NC(=O)[C@@H](C)SCc1ccccc1. The Morgan fingerprint density at radius 3 is 2.32 bits per heavy atom. The molecule has 0 bridgehead atoms. The molecular weight excluding hydrogens is 290 g/mol.